The summed E-state index contributed by atoms with van der Waals surface area (Å²) in [7, 11) is 1.84. The second-order valence-electron chi connectivity index (χ2n) is 7.36. The molecule has 1 aromatic carbocycles. The van der Waals surface area contributed by atoms with Gasteiger partial charge in [-0.15, -0.1) is 0 Å². The Kier molecular flexibility index (Phi) is 6.50. The molecular weight excluding hydrogens is 343 g/mol. The molecule has 6 heteroatoms. The fourth-order valence-corrected chi connectivity index (χ4v) is 3.76. The van der Waals surface area contributed by atoms with Crippen molar-refractivity contribution in [1.29, 1.82) is 0 Å². The quantitative estimate of drug-likeness (QED) is 0.784. The highest BCUT2D eigenvalue weighted by molar-refractivity contribution is 5.94. The number of likely N-dealkylation sites (tertiary alicyclic amines) is 1. The van der Waals surface area contributed by atoms with Crippen molar-refractivity contribution in [3.8, 4) is 0 Å². The van der Waals surface area contributed by atoms with Gasteiger partial charge in [-0.2, -0.15) is 0 Å². The lowest BCUT2D eigenvalue weighted by atomic mass is 9.96. The van der Waals surface area contributed by atoms with Gasteiger partial charge in [0, 0.05) is 32.9 Å². The van der Waals surface area contributed by atoms with Gasteiger partial charge in [0.15, 0.2) is 0 Å². The van der Waals surface area contributed by atoms with E-state index < -0.39 is 0 Å². The average Bonchev–Trinajstić information content (AvgIpc) is 2.67. The lowest BCUT2D eigenvalue weighted by Gasteiger charge is -2.34. The Morgan fingerprint density at radius 3 is 2.96 bits per heavy atom. The predicted octanol–water partition coefficient (Wildman–Crippen LogP) is 2.95. The summed E-state index contributed by atoms with van der Waals surface area (Å²) in [6, 6.07) is 6.98. The van der Waals surface area contributed by atoms with Crippen LogP contribution in [-0.2, 0) is 6.42 Å². The zero-order valence-electron chi connectivity index (χ0n) is 16.1. The molecule has 0 spiro atoms. The molecule has 27 heavy (non-hydrogen) atoms. The highest BCUT2D eigenvalue weighted by Crippen LogP contribution is 2.19. The molecular formula is C21H27FN4O. The average molecular weight is 370 g/mol. The van der Waals surface area contributed by atoms with E-state index in [9.17, 15) is 9.18 Å². The van der Waals surface area contributed by atoms with Crippen LogP contribution in [0.15, 0.2) is 36.8 Å². The molecule has 1 aromatic heterocycles. The van der Waals surface area contributed by atoms with E-state index in [0.717, 1.165) is 38.0 Å². The van der Waals surface area contributed by atoms with Crippen LogP contribution in [0.25, 0.3) is 0 Å². The smallest absolute Gasteiger partial charge is 0.257 e. The number of hydrogen-bond donors (Lipinski definition) is 0. The summed E-state index contributed by atoms with van der Waals surface area (Å²) in [5.74, 6) is 0.270. The van der Waals surface area contributed by atoms with Crippen LogP contribution in [0.1, 0.15) is 34.5 Å². The molecule has 2 heterocycles. The first-order valence-electron chi connectivity index (χ1n) is 9.52. The van der Waals surface area contributed by atoms with Crippen LogP contribution in [0.2, 0.25) is 0 Å². The van der Waals surface area contributed by atoms with Crippen molar-refractivity contribution < 1.29 is 9.18 Å². The van der Waals surface area contributed by atoms with Gasteiger partial charge >= 0.3 is 0 Å². The zero-order chi connectivity index (χ0) is 19.2. The molecule has 2 aromatic rings. The van der Waals surface area contributed by atoms with E-state index in [0.29, 0.717) is 30.1 Å². The maximum absolute atomic E-state index is 13.8. The fraction of sp³-hybridized carbons (Fsp3) is 0.476. The van der Waals surface area contributed by atoms with Gasteiger partial charge in [0.25, 0.3) is 5.91 Å². The van der Waals surface area contributed by atoms with Crippen molar-refractivity contribution in [2.24, 2.45) is 5.92 Å². The summed E-state index contributed by atoms with van der Waals surface area (Å²) < 4.78 is 13.8. The first-order valence-corrected chi connectivity index (χ1v) is 9.52. The second kappa shape index (κ2) is 9.04. The maximum atomic E-state index is 13.8. The summed E-state index contributed by atoms with van der Waals surface area (Å²) >= 11 is 0. The Hall–Kier alpha value is -2.34. The summed E-state index contributed by atoms with van der Waals surface area (Å²) in [6.07, 6.45) is 5.98. The normalized spacial score (nSPS) is 17.7. The minimum Gasteiger partial charge on any atom is -0.341 e. The third-order valence-corrected chi connectivity index (χ3v) is 5.28. The van der Waals surface area contributed by atoms with Crippen molar-refractivity contribution in [1.82, 2.24) is 19.8 Å². The minimum atomic E-state index is -0.128. The topological polar surface area (TPSA) is 49.3 Å². The van der Waals surface area contributed by atoms with Crippen molar-refractivity contribution in [3.63, 3.8) is 0 Å². The van der Waals surface area contributed by atoms with E-state index in [1.54, 1.807) is 17.2 Å². The Labute approximate surface area is 160 Å². The number of aromatic nitrogens is 2. The van der Waals surface area contributed by atoms with Gasteiger partial charge in [-0.25, -0.2) is 14.4 Å². The van der Waals surface area contributed by atoms with Crippen molar-refractivity contribution >= 4 is 5.91 Å². The molecule has 1 fully saturated rings. The number of aryl methyl sites for hydroxylation is 1. The predicted molar refractivity (Wildman–Crippen MR) is 103 cm³/mol. The van der Waals surface area contributed by atoms with Crippen molar-refractivity contribution in [2.75, 3.05) is 33.2 Å². The van der Waals surface area contributed by atoms with E-state index in [4.69, 9.17) is 0 Å². The number of rotatable bonds is 6. The summed E-state index contributed by atoms with van der Waals surface area (Å²) in [5, 5.41) is 0. The molecule has 0 bridgehead atoms. The van der Waals surface area contributed by atoms with Gasteiger partial charge < -0.3 is 9.80 Å². The number of amides is 1. The first kappa shape index (κ1) is 19.4. The molecule has 1 saturated heterocycles. The second-order valence-corrected chi connectivity index (χ2v) is 7.36. The van der Waals surface area contributed by atoms with Gasteiger partial charge in [0.2, 0.25) is 0 Å². The third-order valence-electron chi connectivity index (χ3n) is 5.28. The van der Waals surface area contributed by atoms with Gasteiger partial charge in [0.1, 0.15) is 12.1 Å². The highest BCUT2D eigenvalue weighted by atomic mass is 19.1. The molecule has 1 unspecified atom stereocenters. The first-order chi connectivity index (χ1) is 13.0. The van der Waals surface area contributed by atoms with E-state index in [1.807, 2.05) is 26.1 Å². The fourth-order valence-electron chi connectivity index (χ4n) is 3.76. The number of nitrogens with zero attached hydrogens (tertiary/aromatic N) is 4. The van der Waals surface area contributed by atoms with Crippen LogP contribution < -0.4 is 0 Å². The highest BCUT2D eigenvalue weighted by Gasteiger charge is 2.24. The molecule has 0 aliphatic carbocycles. The monoisotopic (exact) mass is 370 g/mol. The van der Waals surface area contributed by atoms with Crippen LogP contribution in [-0.4, -0.2) is 58.9 Å². The number of carbonyl (C=O) groups excluding carboxylic acids is 1. The lowest BCUT2D eigenvalue weighted by molar-refractivity contribution is 0.0728. The van der Waals surface area contributed by atoms with E-state index in [1.165, 1.54) is 12.4 Å². The Bertz CT molecular complexity index is 782. The molecule has 144 valence electrons. The number of carbonyl (C=O) groups is 1. The van der Waals surface area contributed by atoms with Crippen molar-refractivity contribution in [3.05, 3.63) is 59.4 Å². The van der Waals surface area contributed by atoms with Gasteiger partial charge in [-0.3, -0.25) is 4.79 Å². The van der Waals surface area contributed by atoms with Crippen LogP contribution in [0.4, 0.5) is 4.39 Å². The molecule has 0 radical (unpaired) electrons. The molecule has 1 atom stereocenters. The number of piperidine rings is 1. The van der Waals surface area contributed by atoms with Crippen LogP contribution >= 0.6 is 0 Å². The maximum Gasteiger partial charge on any atom is 0.257 e. The molecule has 3 rings (SSSR count). The Morgan fingerprint density at radius 2 is 2.19 bits per heavy atom. The third kappa shape index (κ3) is 5.10. The van der Waals surface area contributed by atoms with Crippen LogP contribution in [0, 0.1) is 18.7 Å². The lowest BCUT2D eigenvalue weighted by Crippen LogP contribution is -2.42. The Balaban J connectivity index is 1.52. The number of halogens is 1. The SMILES string of the molecule is Cc1ncncc1C(=O)N(C)CC1CCCN(CCc2ccccc2F)C1. The van der Waals surface area contributed by atoms with Crippen molar-refractivity contribution in [2.45, 2.75) is 26.2 Å². The van der Waals surface area contributed by atoms with Crippen LogP contribution in [0.5, 0.6) is 0 Å². The molecule has 1 aliphatic heterocycles. The molecule has 0 saturated carbocycles. The summed E-state index contributed by atoms with van der Waals surface area (Å²) in [5.41, 5.74) is 2.04. The molecule has 1 aliphatic rings. The van der Waals surface area contributed by atoms with Gasteiger partial charge in [0.05, 0.1) is 11.3 Å². The van der Waals surface area contributed by atoms with E-state index in [2.05, 4.69) is 14.9 Å². The number of hydrogen-bond acceptors (Lipinski definition) is 4. The molecule has 0 N–H and O–H groups in total. The van der Waals surface area contributed by atoms with E-state index in [-0.39, 0.29) is 11.7 Å². The summed E-state index contributed by atoms with van der Waals surface area (Å²) in [4.78, 5) is 24.9. The Morgan fingerprint density at radius 1 is 1.37 bits per heavy atom. The largest absolute Gasteiger partial charge is 0.341 e. The molecule has 5 nitrogen and oxygen atoms in total. The minimum absolute atomic E-state index is 0.0309. The zero-order valence-corrected chi connectivity index (χ0v) is 16.1. The van der Waals surface area contributed by atoms with Crippen LogP contribution in [0.3, 0.4) is 0 Å². The number of benzene rings is 1. The van der Waals surface area contributed by atoms with E-state index >= 15 is 0 Å². The standard InChI is InChI=1S/C21H27FN4O/c1-16-19(12-23-15-24-16)21(27)25(2)13-17-6-5-10-26(14-17)11-9-18-7-3-4-8-20(18)22/h3-4,7-8,12,15,17H,5-6,9-11,13-14H2,1-2H3. The van der Waals surface area contributed by atoms with Gasteiger partial charge in [-0.1, -0.05) is 18.2 Å². The summed E-state index contributed by atoms with van der Waals surface area (Å²) in [6.45, 7) is 5.36. The molecule has 1 amide bonds. The van der Waals surface area contributed by atoms with Gasteiger partial charge in [-0.05, 0) is 50.3 Å².